The van der Waals surface area contributed by atoms with Crippen LogP contribution in [0.3, 0.4) is 0 Å². The molecule has 15 aromatic carbocycles. The van der Waals surface area contributed by atoms with Gasteiger partial charge in [0.25, 0.3) is 0 Å². The average Bonchev–Trinajstić information content (AvgIpc) is 0.915. The lowest BCUT2D eigenvalue weighted by Gasteiger charge is -2.38. The van der Waals surface area contributed by atoms with Gasteiger partial charge in [-0.3, -0.25) is 9.80 Å². The Labute approximate surface area is 528 Å². The van der Waals surface area contributed by atoms with Crippen molar-refractivity contribution in [1.82, 2.24) is 9.13 Å². The molecule has 0 fully saturated rings. The van der Waals surface area contributed by atoms with Gasteiger partial charge < -0.3 is 28.1 Å². The lowest BCUT2D eigenvalue weighted by Crippen LogP contribution is -2.20. The molecule has 0 atom stereocenters. The van der Waals surface area contributed by atoms with Crippen LogP contribution >= 0.6 is 0 Å². The molecule has 0 saturated heterocycles. The summed E-state index contributed by atoms with van der Waals surface area (Å²) in [5.41, 5.74) is 17.4. The minimum absolute atomic E-state index is 0.770. The van der Waals surface area contributed by atoms with Crippen molar-refractivity contribution in [2.24, 2.45) is 0 Å². The third-order valence-corrected chi connectivity index (χ3v) is 18.9. The lowest BCUT2D eigenvalue weighted by atomic mass is 9.84. The Morgan fingerprint density at radius 1 is 0.217 bits per heavy atom. The third-order valence-electron chi connectivity index (χ3n) is 18.9. The second-order valence-corrected chi connectivity index (χ2v) is 23.8. The van der Waals surface area contributed by atoms with E-state index in [1.54, 1.807) is 0 Å². The highest BCUT2D eigenvalue weighted by atomic mass is 16.5. The van der Waals surface area contributed by atoms with Crippen molar-refractivity contribution in [2.75, 3.05) is 9.80 Å². The standard InChI is InChI=1S/C42H25N3O2.C42H25NO2/c1-5-14-32-28(10-1)29-11-2-6-15-33(29)43(32)26-20-22-36-40(24-26)46-38-18-9-19-39-42(38)45(36)37-23-21-27(25-41(37)47-39)44-34-16-7-3-12-30(34)31-13-4-8-17-35(31)44;1-2-13-28-26(11-1)12-9-18-29(28)41-32-16-5-3-14-30(32)40(31-15-4-6-17-33(31)41)27-23-24-35-39(25-27)45-38-22-10-21-37-42(38)43(35)34-19-7-8-20-36(34)44-37/h1-25H;1-25H. The van der Waals surface area contributed by atoms with Crippen molar-refractivity contribution in [2.45, 2.75) is 0 Å². The molecule has 0 radical (unpaired) electrons. The van der Waals surface area contributed by atoms with Crippen LogP contribution in [0.25, 0.3) is 110 Å². The average molecular weight is 1180 g/mol. The van der Waals surface area contributed by atoms with Crippen molar-refractivity contribution in [3.8, 4) is 79.6 Å². The van der Waals surface area contributed by atoms with Crippen molar-refractivity contribution < 1.29 is 18.9 Å². The number of nitrogens with zero attached hydrogens (tertiary/aromatic N) is 4. The number of anilines is 6. The fourth-order valence-corrected chi connectivity index (χ4v) is 15.0. The van der Waals surface area contributed by atoms with Crippen LogP contribution in [0.15, 0.2) is 303 Å². The van der Waals surface area contributed by atoms with Gasteiger partial charge in [0.1, 0.15) is 11.4 Å². The Morgan fingerprint density at radius 2 is 0.554 bits per heavy atom. The molecule has 92 heavy (non-hydrogen) atoms. The molecule has 0 aliphatic carbocycles. The number of benzene rings is 15. The second kappa shape index (κ2) is 19.5. The largest absolute Gasteiger partial charge is 0.453 e. The van der Waals surface area contributed by atoms with Crippen LogP contribution in [0, 0.1) is 0 Å². The van der Waals surface area contributed by atoms with E-state index in [0.29, 0.717) is 0 Å². The Kier molecular flexibility index (Phi) is 10.7. The van der Waals surface area contributed by atoms with E-state index in [1.165, 1.54) is 92.6 Å². The first-order chi connectivity index (χ1) is 45.6. The van der Waals surface area contributed by atoms with E-state index in [-0.39, 0.29) is 0 Å². The van der Waals surface area contributed by atoms with Crippen molar-refractivity contribution in [1.29, 1.82) is 0 Å². The summed E-state index contributed by atoms with van der Waals surface area (Å²) in [5.74, 6) is 6.37. The van der Waals surface area contributed by atoms with Gasteiger partial charge in [0.2, 0.25) is 0 Å². The number of fused-ring (bicyclic) bond motifs is 17. The topological polar surface area (TPSA) is 53.3 Å². The van der Waals surface area contributed by atoms with Crippen LogP contribution < -0.4 is 28.7 Å². The van der Waals surface area contributed by atoms with Crippen molar-refractivity contribution in [3.63, 3.8) is 0 Å². The number of rotatable bonds is 4. The molecular weight excluding hydrogens is 1130 g/mol. The van der Waals surface area contributed by atoms with E-state index in [2.05, 4.69) is 274 Å². The highest BCUT2D eigenvalue weighted by Crippen LogP contribution is 2.62. The summed E-state index contributed by atoms with van der Waals surface area (Å²) in [6.45, 7) is 0. The van der Waals surface area contributed by atoms with Crippen LogP contribution in [0.4, 0.5) is 34.1 Å². The SMILES string of the molecule is c1cc2c3c(c1)Oc1cc(-n4c5ccccc5c5ccccc54)ccc1N3c1ccc(-n3c4ccccc4c4ccccc43)cc1O2.c1ccc2c(c1)Oc1cccc3c1N2c1ccc(-c2c4ccccc4c(-c4cccc5ccccc45)c4ccccc24)cc1O3. The van der Waals surface area contributed by atoms with Crippen LogP contribution in [0.5, 0.6) is 46.0 Å². The normalized spacial score (nSPS) is 12.9. The van der Waals surface area contributed by atoms with E-state index in [0.717, 1.165) is 97.1 Å². The Morgan fingerprint density at radius 3 is 1.04 bits per heavy atom. The Balaban J connectivity index is 0.000000128. The highest BCUT2D eigenvalue weighted by Gasteiger charge is 2.37. The molecular formula is C84H50N4O4. The molecule has 0 amide bonds. The van der Waals surface area contributed by atoms with Gasteiger partial charge in [-0.05, 0) is 152 Å². The molecule has 0 spiro atoms. The van der Waals surface area contributed by atoms with Gasteiger partial charge in [0, 0.05) is 33.7 Å². The predicted octanol–water partition coefficient (Wildman–Crippen LogP) is 23.7. The van der Waals surface area contributed by atoms with Gasteiger partial charge in [0.15, 0.2) is 46.0 Å². The van der Waals surface area contributed by atoms with E-state index in [9.17, 15) is 0 Å². The molecule has 8 nitrogen and oxygen atoms in total. The van der Waals surface area contributed by atoms with Crippen LogP contribution in [0.1, 0.15) is 0 Å². The van der Waals surface area contributed by atoms with E-state index < -0.39 is 0 Å². The minimum atomic E-state index is 0.770. The first kappa shape index (κ1) is 50.5. The number of hydrogen-bond acceptors (Lipinski definition) is 6. The molecule has 21 rings (SSSR count). The number of ether oxygens (including phenoxy) is 4. The van der Waals surface area contributed by atoms with Gasteiger partial charge >= 0.3 is 0 Å². The molecule has 0 unspecified atom stereocenters. The first-order valence-corrected chi connectivity index (χ1v) is 31.1. The number of aromatic nitrogens is 2. The van der Waals surface area contributed by atoms with Gasteiger partial charge in [-0.15, -0.1) is 0 Å². The van der Waals surface area contributed by atoms with Crippen LogP contribution in [0.2, 0.25) is 0 Å². The summed E-state index contributed by atoms with van der Waals surface area (Å²) < 4.78 is 30.9. The quantitative estimate of drug-likeness (QED) is 0.164. The number of hydrogen-bond donors (Lipinski definition) is 0. The molecule has 8 heteroatoms. The first-order valence-electron chi connectivity index (χ1n) is 31.1. The molecule has 0 N–H and O–H groups in total. The minimum Gasteiger partial charge on any atom is -0.453 e. The van der Waals surface area contributed by atoms with Crippen molar-refractivity contribution in [3.05, 3.63) is 303 Å². The van der Waals surface area contributed by atoms with Gasteiger partial charge in [-0.25, -0.2) is 0 Å². The molecule has 0 bridgehead atoms. The molecule has 4 aliphatic heterocycles. The summed E-state index contributed by atoms with van der Waals surface area (Å²) in [6, 6.07) is 107. The zero-order chi connectivity index (χ0) is 60.1. The summed E-state index contributed by atoms with van der Waals surface area (Å²) in [5, 5.41) is 12.3. The fourth-order valence-electron chi connectivity index (χ4n) is 15.0. The lowest BCUT2D eigenvalue weighted by molar-refractivity contribution is 0.445. The summed E-state index contributed by atoms with van der Waals surface area (Å²) in [4.78, 5) is 4.56. The summed E-state index contributed by atoms with van der Waals surface area (Å²) in [7, 11) is 0. The molecule has 2 aromatic heterocycles. The van der Waals surface area contributed by atoms with E-state index in [4.69, 9.17) is 18.9 Å². The van der Waals surface area contributed by atoms with Gasteiger partial charge in [-0.1, -0.05) is 194 Å². The molecule has 6 heterocycles. The second-order valence-electron chi connectivity index (χ2n) is 23.8. The Hall–Kier alpha value is -12.5. The van der Waals surface area contributed by atoms with Crippen LogP contribution in [-0.2, 0) is 0 Å². The third kappa shape index (κ3) is 7.34. The van der Waals surface area contributed by atoms with E-state index in [1.807, 2.05) is 48.5 Å². The van der Waals surface area contributed by atoms with Gasteiger partial charge in [0.05, 0.1) is 56.2 Å². The number of para-hydroxylation sites is 8. The van der Waals surface area contributed by atoms with Crippen LogP contribution in [-0.4, -0.2) is 9.13 Å². The zero-order valence-corrected chi connectivity index (χ0v) is 49.3. The maximum atomic E-state index is 6.65. The highest BCUT2D eigenvalue weighted by molar-refractivity contribution is 6.24. The van der Waals surface area contributed by atoms with E-state index >= 15 is 0 Å². The molecule has 430 valence electrons. The molecule has 4 aliphatic rings. The maximum absolute atomic E-state index is 6.65. The summed E-state index contributed by atoms with van der Waals surface area (Å²) >= 11 is 0. The Bertz CT molecular complexity index is 5660. The zero-order valence-electron chi connectivity index (χ0n) is 49.3. The maximum Gasteiger partial charge on any atom is 0.155 e. The summed E-state index contributed by atoms with van der Waals surface area (Å²) in [6.07, 6.45) is 0. The smallest absolute Gasteiger partial charge is 0.155 e. The molecule has 17 aromatic rings. The molecule has 0 saturated carbocycles. The van der Waals surface area contributed by atoms with Crippen molar-refractivity contribution >= 4 is 110 Å². The monoisotopic (exact) mass is 1180 g/mol. The fraction of sp³-hybridized carbons (Fsp3) is 0. The predicted molar refractivity (Wildman–Crippen MR) is 375 cm³/mol. The van der Waals surface area contributed by atoms with Gasteiger partial charge in [-0.2, -0.15) is 0 Å².